The van der Waals surface area contributed by atoms with Crippen molar-refractivity contribution in [2.45, 2.75) is 33.2 Å². The molecule has 2 N–H and O–H groups in total. The lowest BCUT2D eigenvalue weighted by molar-refractivity contribution is -0.149. The average molecular weight is 314 g/mol. The number of pyridine rings is 1. The molecule has 0 radical (unpaired) electrons. The van der Waals surface area contributed by atoms with Crippen LogP contribution in [0.2, 0.25) is 0 Å². The highest BCUT2D eigenvalue weighted by Gasteiger charge is 2.57. The first-order valence-electron chi connectivity index (χ1n) is 8.07. The third-order valence-electron chi connectivity index (χ3n) is 5.20. The molecular weight excluding hydrogens is 292 g/mol. The van der Waals surface area contributed by atoms with Gasteiger partial charge in [-0.25, -0.2) is 0 Å². The van der Waals surface area contributed by atoms with Crippen molar-refractivity contribution in [1.82, 2.24) is 10.3 Å². The molecule has 3 rings (SSSR count). The van der Waals surface area contributed by atoms with Gasteiger partial charge in [0, 0.05) is 18.9 Å². The van der Waals surface area contributed by atoms with Crippen LogP contribution in [0.25, 0.3) is 0 Å². The van der Waals surface area contributed by atoms with Crippen LogP contribution >= 0.6 is 0 Å². The summed E-state index contributed by atoms with van der Waals surface area (Å²) in [5.41, 5.74) is 3.29. The summed E-state index contributed by atoms with van der Waals surface area (Å²) in [4.78, 5) is 28.4. The molecule has 0 saturated heterocycles. The van der Waals surface area contributed by atoms with Crippen LogP contribution in [0.4, 0.5) is 0 Å². The number of nitrogens with zero attached hydrogens (tertiary/aromatic N) is 1. The van der Waals surface area contributed by atoms with Gasteiger partial charge in [-0.15, -0.1) is 0 Å². The van der Waals surface area contributed by atoms with Crippen LogP contribution in [0.1, 0.15) is 32.3 Å². The van der Waals surface area contributed by atoms with Gasteiger partial charge in [0.05, 0.1) is 11.8 Å². The number of hydrogen-bond acceptors (Lipinski definition) is 3. The Balaban J connectivity index is 1.79. The fourth-order valence-corrected chi connectivity index (χ4v) is 4.41. The van der Waals surface area contributed by atoms with Crippen molar-refractivity contribution < 1.29 is 14.7 Å². The molecule has 23 heavy (non-hydrogen) atoms. The van der Waals surface area contributed by atoms with Crippen LogP contribution < -0.4 is 5.32 Å². The minimum Gasteiger partial charge on any atom is -0.481 e. The van der Waals surface area contributed by atoms with Gasteiger partial charge < -0.3 is 10.4 Å². The van der Waals surface area contributed by atoms with E-state index in [2.05, 4.69) is 10.3 Å². The average Bonchev–Trinajstić information content (AvgIpc) is 3.09. The van der Waals surface area contributed by atoms with Gasteiger partial charge in [-0.05, 0) is 50.2 Å². The second-order valence-corrected chi connectivity index (χ2v) is 6.71. The molecule has 2 bridgehead atoms. The van der Waals surface area contributed by atoms with E-state index in [-0.39, 0.29) is 17.7 Å². The standard InChI is InChI=1S/C18H22N2O3/c1-10(2)14-12-5-6-13(14)16(18(22)23)15(12)17(21)20-9-11-4-3-7-19-8-11/h3-4,7-8,12-13,15-16H,5-6,9H2,1-2H3,(H,20,21)(H,22,23). The number of aliphatic carboxylic acids is 1. The van der Waals surface area contributed by atoms with E-state index in [1.54, 1.807) is 12.4 Å². The molecular formula is C18H22N2O3. The van der Waals surface area contributed by atoms with Crippen LogP contribution in [-0.4, -0.2) is 22.0 Å². The van der Waals surface area contributed by atoms with Gasteiger partial charge >= 0.3 is 5.97 Å². The highest BCUT2D eigenvalue weighted by atomic mass is 16.4. The molecule has 5 heteroatoms. The first-order valence-corrected chi connectivity index (χ1v) is 8.07. The summed E-state index contributed by atoms with van der Waals surface area (Å²) >= 11 is 0. The summed E-state index contributed by atoms with van der Waals surface area (Å²) in [5.74, 6) is -1.93. The van der Waals surface area contributed by atoms with Crippen molar-refractivity contribution in [3.8, 4) is 0 Å². The molecule has 0 spiro atoms. The third kappa shape index (κ3) is 2.76. The minimum absolute atomic E-state index is 0.0247. The Morgan fingerprint density at radius 1 is 1.26 bits per heavy atom. The zero-order chi connectivity index (χ0) is 16.6. The predicted octanol–water partition coefficient (Wildman–Crippen LogP) is 2.39. The van der Waals surface area contributed by atoms with E-state index in [9.17, 15) is 14.7 Å². The molecule has 1 heterocycles. The minimum atomic E-state index is -0.850. The maximum absolute atomic E-state index is 12.7. The highest BCUT2D eigenvalue weighted by molar-refractivity contribution is 5.87. The zero-order valence-electron chi connectivity index (χ0n) is 13.5. The highest BCUT2D eigenvalue weighted by Crippen LogP contribution is 2.57. The van der Waals surface area contributed by atoms with Gasteiger partial charge in [0.1, 0.15) is 0 Å². The monoisotopic (exact) mass is 314 g/mol. The fraction of sp³-hybridized carbons (Fsp3) is 0.500. The Morgan fingerprint density at radius 3 is 2.52 bits per heavy atom. The quantitative estimate of drug-likeness (QED) is 0.836. The number of nitrogens with one attached hydrogen (secondary N) is 1. The van der Waals surface area contributed by atoms with Crippen molar-refractivity contribution in [2.24, 2.45) is 23.7 Å². The summed E-state index contributed by atoms with van der Waals surface area (Å²) < 4.78 is 0. The lowest BCUT2D eigenvalue weighted by atomic mass is 9.78. The number of aromatic nitrogens is 1. The molecule has 2 saturated carbocycles. The first-order chi connectivity index (χ1) is 11.0. The Morgan fingerprint density at radius 2 is 1.96 bits per heavy atom. The number of carbonyl (C=O) groups is 2. The van der Waals surface area contributed by atoms with E-state index >= 15 is 0 Å². The lowest BCUT2D eigenvalue weighted by Gasteiger charge is -2.26. The summed E-state index contributed by atoms with van der Waals surface area (Å²) in [5, 5.41) is 12.5. The van der Waals surface area contributed by atoms with Gasteiger partial charge in [0.2, 0.25) is 5.91 Å². The summed E-state index contributed by atoms with van der Waals surface area (Å²) in [6.45, 7) is 4.43. The molecule has 2 aliphatic carbocycles. The van der Waals surface area contributed by atoms with Crippen molar-refractivity contribution in [1.29, 1.82) is 0 Å². The number of allylic oxidation sites excluding steroid dienone is 2. The largest absolute Gasteiger partial charge is 0.481 e. The van der Waals surface area contributed by atoms with E-state index in [1.807, 2.05) is 26.0 Å². The molecule has 1 aromatic rings. The molecule has 122 valence electrons. The number of amides is 1. The molecule has 0 aliphatic heterocycles. The number of hydrogen-bond donors (Lipinski definition) is 2. The predicted molar refractivity (Wildman–Crippen MR) is 85.3 cm³/mol. The maximum Gasteiger partial charge on any atom is 0.307 e. The van der Waals surface area contributed by atoms with Crippen molar-refractivity contribution in [2.75, 3.05) is 0 Å². The molecule has 2 fully saturated rings. The zero-order valence-corrected chi connectivity index (χ0v) is 13.5. The summed E-state index contributed by atoms with van der Waals surface area (Å²) in [7, 11) is 0. The SMILES string of the molecule is CC(C)=C1C2CCC1C(C(=O)NCc1cccnc1)C2C(=O)O. The fourth-order valence-electron chi connectivity index (χ4n) is 4.41. The molecule has 1 amide bonds. The van der Waals surface area contributed by atoms with Crippen molar-refractivity contribution >= 4 is 11.9 Å². The maximum atomic E-state index is 12.7. The summed E-state index contributed by atoms with van der Waals surface area (Å²) in [6, 6.07) is 3.71. The Bertz CT molecular complexity index is 649. The van der Waals surface area contributed by atoms with Crippen LogP contribution in [0.15, 0.2) is 35.7 Å². The molecule has 2 aliphatic rings. The smallest absolute Gasteiger partial charge is 0.307 e. The number of carboxylic acids is 1. The van der Waals surface area contributed by atoms with Gasteiger partial charge in [-0.3, -0.25) is 14.6 Å². The van der Waals surface area contributed by atoms with Gasteiger partial charge in [0.25, 0.3) is 0 Å². The first kappa shape index (κ1) is 15.7. The Labute approximate surface area is 135 Å². The topological polar surface area (TPSA) is 79.3 Å². The van der Waals surface area contributed by atoms with E-state index in [0.29, 0.717) is 6.54 Å². The van der Waals surface area contributed by atoms with Crippen LogP contribution in [0.3, 0.4) is 0 Å². The Hall–Kier alpha value is -2.17. The van der Waals surface area contributed by atoms with Gasteiger partial charge in [0.15, 0.2) is 0 Å². The number of carboxylic acid groups (broad SMARTS) is 1. The molecule has 4 atom stereocenters. The van der Waals surface area contributed by atoms with Crippen LogP contribution in [-0.2, 0) is 16.1 Å². The van der Waals surface area contributed by atoms with Gasteiger partial charge in [-0.2, -0.15) is 0 Å². The van der Waals surface area contributed by atoms with Crippen LogP contribution in [0.5, 0.6) is 0 Å². The normalized spacial score (nSPS) is 28.7. The number of fused-ring (bicyclic) bond motifs is 2. The lowest BCUT2D eigenvalue weighted by Crippen LogP contribution is -2.41. The van der Waals surface area contributed by atoms with Gasteiger partial charge in [-0.1, -0.05) is 17.2 Å². The molecule has 1 aromatic heterocycles. The van der Waals surface area contributed by atoms with Crippen molar-refractivity contribution in [3.63, 3.8) is 0 Å². The second kappa shape index (κ2) is 6.14. The van der Waals surface area contributed by atoms with E-state index < -0.39 is 17.8 Å². The third-order valence-corrected chi connectivity index (χ3v) is 5.20. The number of carbonyl (C=O) groups excluding carboxylic acids is 1. The second-order valence-electron chi connectivity index (χ2n) is 6.71. The summed E-state index contributed by atoms with van der Waals surface area (Å²) in [6.07, 6.45) is 5.19. The van der Waals surface area contributed by atoms with E-state index in [1.165, 1.54) is 11.1 Å². The molecule has 5 nitrogen and oxygen atoms in total. The van der Waals surface area contributed by atoms with E-state index in [4.69, 9.17) is 0 Å². The van der Waals surface area contributed by atoms with Crippen molar-refractivity contribution in [3.05, 3.63) is 41.2 Å². The molecule has 0 aromatic carbocycles. The number of rotatable bonds is 4. The van der Waals surface area contributed by atoms with Crippen LogP contribution in [0, 0.1) is 23.7 Å². The van der Waals surface area contributed by atoms with E-state index in [0.717, 1.165) is 18.4 Å². The Kier molecular flexibility index (Phi) is 4.20. The molecule has 4 unspecified atom stereocenters.